The third kappa shape index (κ3) is 4.46. The average molecular weight is 294 g/mol. The predicted octanol–water partition coefficient (Wildman–Crippen LogP) is 2.25. The van der Waals surface area contributed by atoms with Gasteiger partial charge in [-0.1, -0.05) is 20.8 Å². The number of anilines is 2. The van der Waals surface area contributed by atoms with Crippen molar-refractivity contribution in [2.24, 2.45) is 5.92 Å². The smallest absolute Gasteiger partial charge is 0.242 e. The second-order valence-electron chi connectivity index (χ2n) is 5.78. The quantitative estimate of drug-likeness (QED) is 0.802. The zero-order chi connectivity index (χ0) is 15.2. The Hall–Kier alpha value is -1.56. The van der Waals surface area contributed by atoms with Gasteiger partial charge in [0.2, 0.25) is 5.88 Å². The highest BCUT2D eigenvalue weighted by Gasteiger charge is 2.18. The van der Waals surface area contributed by atoms with E-state index in [1.165, 1.54) is 0 Å². The summed E-state index contributed by atoms with van der Waals surface area (Å²) in [6.45, 7) is 8.35. The van der Waals surface area contributed by atoms with Crippen molar-refractivity contribution in [1.29, 1.82) is 0 Å². The van der Waals surface area contributed by atoms with Gasteiger partial charge < -0.3 is 20.5 Å². The predicted molar refractivity (Wildman–Crippen MR) is 83.6 cm³/mol. The molecule has 3 N–H and O–H groups in total. The summed E-state index contributed by atoms with van der Waals surface area (Å²) in [7, 11) is 0. The Labute approximate surface area is 126 Å². The molecule has 1 atom stereocenters. The molecule has 1 aliphatic rings. The Balaban J connectivity index is 2.08. The van der Waals surface area contributed by atoms with Crippen LogP contribution in [-0.2, 0) is 11.2 Å². The lowest BCUT2D eigenvalue weighted by molar-refractivity contribution is 0.120. The van der Waals surface area contributed by atoms with Crippen LogP contribution in [0.1, 0.15) is 39.4 Å². The Morgan fingerprint density at radius 2 is 2.24 bits per heavy atom. The molecule has 0 radical (unpaired) electrons. The van der Waals surface area contributed by atoms with Crippen LogP contribution in [0.4, 0.5) is 11.5 Å². The van der Waals surface area contributed by atoms with E-state index in [4.69, 9.17) is 15.2 Å². The average Bonchev–Trinajstić information content (AvgIpc) is 2.98. The fraction of sp³-hybridized carbons (Fsp3) is 0.733. The zero-order valence-electron chi connectivity index (χ0n) is 13.2. The highest BCUT2D eigenvalue weighted by atomic mass is 16.5. The first-order chi connectivity index (χ1) is 10.1. The van der Waals surface area contributed by atoms with Crippen LogP contribution in [0.25, 0.3) is 0 Å². The number of aromatic nitrogens is 2. The molecular formula is C15H26N4O2. The van der Waals surface area contributed by atoms with Gasteiger partial charge in [-0.25, -0.2) is 4.98 Å². The van der Waals surface area contributed by atoms with Crippen LogP contribution in [-0.4, -0.2) is 35.8 Å². The minimum atomic E-state index is 0.240. The molecule has 0 aliphatic carbocycles. The Kier molecular flexibility index (Phi) is 5.61. The largest absolute Gasteiger partial charge is 0.476 e. The third-order valence-corrected chi connectivity index (χ3v) is 3.35. The van der Waals surface area contributed by atoms with Gasteiger partial charge in [-0.15, -0.1) is 0 Å². The molecule has 1 aromatic heterocycles. The molecule has 1 aliphatic heterocycles. The summed E-state index contributed by atoms with van der Waals surface area (Å²) in [6, 6.07) is 0. The maximum Gasteiger partial charge on any atom is 0.242 e. The maximum absolute atomic E-state index is 6.12. The number of hydrogen-bond donors (Lipinski definition) is 2. The molecule has 0 bridgehead atoms. The number of nitrogen functional groups attached to an aromatic ring is 1. The summed E-state index contributed by atoms with van der Waals surface area (Å²) in [6.07, 6.45) is 3.18. The van der Waals surface area contributed by atoms with E-state index in [1.54, 1.807) is 0 Å². The Morgan fingerprint density at radius 3 is 2.86 bits per heavy atom. The van der Waals surface area contributed by atoms with Crippen molar-refractivity contribution in [3.05, 3.63) is 5.82 Å². The fourth-order valence-corrected chi connectivity index (χ4v) is 2.16. The lowest BCUT2D eigenvalue weighted by Crippen LogP contribution is -2.20. The number of aryl methyl sites for hydroxylation is 1. The second kappa shape index (κ2) is 7.45. The Morgan fingerprint density at radius 1 is 1.43 bits per heavy atom. The first kappa shape index (κ1) is 15.8. The molecule has 0 saturated carbocycles. The van der Waals surface area contributed by atoms with Gasteiger partial charge in [-0.05, 0) is 18.8 Å². The molecular weight excluding hydrogens is 268 g/mol. The van der Waals surface area contributed by atoms with Crippen LogP contribution in [0.2, 0.25) is 0 Å². The van der Waals surface area contributed by atoms with E-state index in [0.717, 1.165) is 31.7 Å². The summed E-state index contributed by atoms with van der Waals surface area (Å²) in [5, 5.41) is 3.28. The normalized spacial score (nSPS) is 18.2. The fourth-order valence-electron chi connectivity index (χ4n) is 2.16. The summed E-state index contributed by atoms with van der Waals surface area (Å²) in [5.41, 5.74) is 6.60. The Bertz CT molecular complexity index is 459. The van der Waals surface area contributed by atoms with Crippen molar-refractivity contribution in [3.8, 4) is 5.88 Å². The van der Waals surface area contributed by atoms with Crippen LogP contribution in [0, 0.1) is 5.92 Å². The molecule has 2 heterocycles. The van der Waals surface area contributed by atoms with Gasteiger partial charge in [0, 0.05) is 19.6 Å². The van der Waals surface area contributed by atoms with E-state index in [0.29, 0.717) is 36.5 Å². The lowest BCUT2D eigenvalue weighted by atomic mass is 10.2. The molecule has 0 amide bonds. The molecule has 1 aromatic rings. The summed E-state index contributed by atoms with van der Waals surface area (Å²) in [4.78, 5) is 8.83. The van der Waals surface area contributed by atoms with Gasteiger partial charge in [0.25, 0.3) is 0 Å². The number of rotatable bonds is 7. The molecule has 118 valence electrons. The summed E-state index contributed by atoms with van der Waals surface area (Å²) < 4.78 is 11.3. The van der Waals surface area contributed by atoms with Crippen molar-refractivity contribution < 1.29 is 9.47 Å². The summed E-state index contributed by atoms with van der Waals surface area (Å²) in [5.74, 6) is 2.28. The SMILES string of the molecule is CCc1nc(NCC2CCCO2)c(N)c(OCC(C)C)n1. The number of hydrogen-bond acceptors (Lipinski definition) is 6. The number of nitrogens with zero attached hydrogens (tertiary/aromatic N) is 2. The standard InChI is InChI=1S/C15H26N4O2/c1-4-12-18-14(17-8-11-6-5-7-20-11)13(16)15(19-12)21-9-10(2)3/h10-11H,4-9,16H2,1-3H3,(H,17,18,19). The van der Waals surface area contributed by atoms with Gasteiger partial charge in [-0.3, -0.25) is 0 Å². The minimum Gasteiger partial charge on any atom is -0.476 e. The van der Waals surface area contributed by atoms with E-state index in [2.05, 4.69) is 29.1 Å². The van der Waals surface area contributed by atoms with E-state index < -0.39 is 0 Å². The lowest BCUT2D eigenvalue weighted by Gasteiger charge is -2.16. The first-order valence-corrected chi connectivity index (χ1v) is 7.74. The van der Waals surface area contributed by atoms with Crippen molar-refractivity contribution in [2.45, 2.75) is 46.1 Å². The second-order valence-corrected chi connectivity index (χ2v) is 5.78. The molecule has 0 spiro atoms. The van der Waals surface area contributed by atoms with Gasteiger partial charge in [0.05, 0.1) is 12.7 Å². The summed E-state index contributed by atoms with van der Waals surface area (Å²) >= 11 is 0. The third-order valence-electron chi connectivity index (χ3n) is 3.35. The van der Waals surface area contributed by atoms with Gasteiger partial charge in [-0.2, -0.15) is 4.98 Å². The highest BCUT2D eigenvalue weighted by molar-refractivity contribution is 5.67. The molecule has 21 heavy (non-hydrogen) atoms. The van der Waals surface area contributed by atoms with Crippen LogP contribution in [0.5, 0.6) is 5.88 Å². The number of nitrogens with one attached hydrogen (secondary N) is 1. The first-order valence-electron chi connectivity index (χ1n) is 7.74. The van der Waals surface area contributed by atoms with Gasteiger partial charge in [0.1, 0.15) is 11.5 Å². The molecule has 1 saturated heterocycles. The zero-order valence-corrected chi connectivity index (χ0v) is 13.2. The molecule has 6 nitrogen and oxygen atoms in total. The van der Waals surface area contributed by atoms with Crippen LogP contribution in [0.3, 0.4) is 0 Å². The highest BCUT2D eigenvalue weighted by Crippen LogP contribution is 2.27. The van der Waals surface area contributed by atoms with E-state index in [-0.39, 0.29) is 6.10 Å². The van der Waals surface area contributed by atoms with E-state index >= 15 is 0 Å². The molecule has 1 fully saturated rings. The molecule has 1 unspecified atom stereocenters. The van der Waals surface area contributed by atoms with E-state index in [1.807, 2.05) is 6.92 Å². The van der Waals surface area contributed by atoms with Crippen LogP contribution >= 0.6 is 0 Å². The van der Waals surface area contributed by atoms with Crippen molar-refractivity contribution in [2.75, 3.05) is 30.8 Å². The molecule has 2 rings (SSSR count). The van der Waals surface area contributed by atoms with Gasteiger partial charge in [0.15, 0.2) is 5.82 Å². The van der Waals surface area contributed by atoms with Gasteiger partial charge >= 0.3 is 0 Å². The van der Waals surface area contributed by atoms with Crippen LogP contribution < -0.4 is 15.8 Å². The topological polar surface area (TPSA) is 82.3 Å². The number of ether oxygens (including phenoxy) is 2. The van der Waals surface area contributed by atoms with Crippen molar-refractivity contribution in [3.63, 3.8) is 0 Å². The number of nitrogens with two attached hydrogens (primary N) is 1. The van der Waals surface area contributed by atoms with Crippen LogP contribution in [0.15, 0.2) is 0 Å². The van der Waals surface area contributed by atoms with Crippen molar-refractivity contribution >= 4 is 11.5 Å². The monoisotopic (exact) mass is 294 g/mol. The molecule has 6 heteroatoms. The maximum atomic E-state index is 6.12. The molecule has 0 aromatic carbocycles. The minimum absolute atomic E-state index is 0.240. The van der Waals surface area contributed by atoms with E-state index in [9.17, 15) is 0 Å². The van der Waals surface area contributed by atoms with Crippen molar-refractivity contribution in [1.82, 2.24) is 9.97 Å².